The van der Waals surface area contributed by atoms with Gasteiger partial charge >= 0.3 is 12.1 Å². The lowest BCUT2D eigenvalue weighted by Crippen LogP contribution is -2.52. The fraction of sp³-hybridized carbons (Fsp3) is 0.485. The molecule has 0 spiro atoms. The molecule has 1 N–H and O–H groups in total. The normalized spacial score (nSPS) is 21.0. The molecule has 6 heterocycles. The van der Waals surface area contributed by atoms with Gasteiger partial charge in [-0.15, -0.1) is 0 Å². The fourth-order valence-electron chi connectivity index (χ4n) is 6.98. The third-order valence-corrected chi connectivity index (χ3v) is 9.75. The van der Waals surface area contributed by atoms with E-state index in [0.717, 1.165) is 37.1 Å². The van der Waals surface area contributed by atoms with Gasteiger partial charge in [-0.1, -0.05) is 19.9 Å². The maximum atomic E-state index is 13.6. The van der Waals surface area contributed by atoms with Gasteiger partial charge in [0.25, 0.3) is 5.56 Å². The highest BCUT2D eigenvalue weighted by atomic mass is 16.6. The number of amides is 2. The first kappa shape index (κ1) is 29.4. The Kier molecular flexibility index (Phi) is 7.36. The van der Waals surface area contributed by atoms with Gasteiger partial charge in [0.15, 0.2) is 5.60 Å². The Morgan fingerprint density at radius 2 is 1.78 bits per heavy atom. The van der Waals surface area contributed by atoms with E-state index >= 15 is 0 Å². The summed E-state index contributed by atoms with van der Waals surface area (Å²) in [6.45, 7) is 7.91. The third kappa shape index (κ3) is 4.87. The zero-order valence-corrected chi connectivity index (χ0v) is 25.6. The van der Waals surface area contributed by atoms with Crippen molar-refractivity contribution in [3.8, 4) is 17.1 Å². The number of aryl methyl sites for hydroxylation is 1. The number of cyclic esters (lactones) is 1. The van der Waals surface area contributed by atoms with Gasteiger partial charge in [0.1, 0.15) is 12.4 Å². The standard InChI is InChI=1S/C33H37N5O7/c1-3-20-7-8-26(45-32(42)37-13-11-35(12-14-37)18-27(39)36-9-5-6-10-36)22-15-21-17-38-25(29(21)34-28(20)22)16-24-23(30(38)40)19-44-31(41)33(24,43)4-2/h7-8,15-16,43H,3-6,9-14,17-19H2,1-2H3/t33-/m0/s1. The summed E-state index contributed by atoms with van der Waals surface area (Å²) in [5, 5.41) is 11.8. The summed E-state index contributed by atoms with van der Waals surface area (Å²) in [5.41, 5.74) is 1.83. The van der Waals surface area contributed by atoms with Crippen LogP contribution in [0.3, 0.4) is 0 Å². The van der Waals surface area contributed by atoms with E-state index in [1.165, 1.54) is 0 Å². The highest BCUT2D eigenvalue weighted by Crippen LogP contribution is 2.40. The van der Waals surface area contributed by atoms with Crippen molar-refractivity contribution in [2.24, 2.45) is 0 Å². The Morgan fingerprint density at radius 1 is 1.02 bits per heavy atom. The van der Waals surface area contributed by atoms with E-state index in [1.54, 1.807) is 28.5 Å². The Labute approximate surface area is 260 Å². The van der Waals surface area contributed by atoms with Gasteiger partial charge < -0.3 is 28.9 Å². The summed E-state index contributed by atoms with van der Waals surface area (Å²) >= 11 is 0. The fourth-order valence-corrected chi connectivity index (χ4v) is 6.98. The number of hydrogen-bond acceptors (Lipinski definition) is 9. The SMILES string of the molecule is CCc1ccc(OC(=O)N2CCN(CC(=O)N3CCCC3)CC2)c2cc3c(nc12)-c1cc2c(c(=O)n1C3)COC(=O)[C@]2(O)CC. The van der Waals surface area contributed by atoms with Gasteiger partial charge in [0.05, 0.1) is 35.6 Å². The van der Waals surface area contributed by atoms with E-state index < -0.39 is 17.7 Å². The number of fused-ring (bicyclic) bond motifs is 5. The van der Waals surface area contributed by atoms with Crippen LogP contribution in [0.15, 0.2) is 29.1 Å². The number of benzene rings is 1. The van der Waals surface area contributed by atoms with Crippen LogP contribution in [0.25, 0.3) is 22.3 Å². The van der Waals surface area contributed by atoms with Crippen LogP contribution in [0, 0.1) is 0 Å². The molecule has 12 nitrogen and oxygen atoms in total. The predicted octanol–water partition coefficient (Wildman–Crippen LogP) is 2.38. The van der Waals surface area contributed by atoms with Crippen molar-refractivity contribution in [1.82, 2.24) is 24.3 Å². The molecule has 4 aliphatic rings. The monoisotopic (exact) mass is 615 g/mol. The van der Waals surface area contributed by atoms with E-state index in [4.69, 9.17) is 14.5 Å². The number of aromatic nitrogens is 2. The zero-order chi connectivity index (χ0) is 31.5. The number of hydrogen-bond donors (Lipinski definition) is 1. The van der Waals surface area contributed by atoms with E-state index in [1.807, 2.05) is 24.0 Å². The van der Waals surface area contributed by atoms with Crippen molar-refractivity contribution >= 4 is 28.9 Å². The largest absolute Gasteiger partial charge is 0.458 e. The lowest BCUT2D eigenvalue weighted by molar-refractivity contribution is -0.172. The summed E-state index contributed by atoms with van der Waals surface area (Å²) < 4.78 is 12.7. The lowest BCUT2D eigenvalue weighted by Gasteiger charge is -2.34. The van der Waals surface area contributed by atoms with Crippen molar-refractivity contribution < 1.29 is 29.0 Å². The molecule has 3 aromatic rings. The second-order valence-electron chi connectivity index (χ2n) is 12.3. The number of aliphatic hydroxyl groups is 1. The van der Waals surface area contributed by atoms with Crippen LogP contribution in [-0.2, 0) is 39.5 Å². The van der Waals surface area contributed by atoms with Gasteiger partial charge in [-0.2, -0.15) is 0 Å². The molecule has 45 heavy (non-hydrogen) atoms. The highest BCUT2D eigenvalue weighted by Gasteiger charge is 2.45. The number of rotatable bonds is 5. The van der Waals surface area contributed by atoms with E-state index in [-0.39, 0.29) is 42.2 Å². The minimum absolute atomic E-state index is 0.0697. The van der Waals surface area contributed by atoms with Crippen molar-refractivity contribution in [2.45, 2.75) is 58.3 Å². The Hall–Kier alpha value is -4.29. The van der Waals surface area contributed by atoms with Crippen LogP contribution in [0.2, 0.25) is 0 Å². The first-order chi connectivity index (χ1) is 21.7. The van der Waals surface area contributed by atoms with Crippen molar-refractivity contribution in [2.75, 3.05) is 45.8 Å². The number of pyridine rings is 2. The van der Waals surface area contributed by atoms with Crippen LogP contribution < -0.4 is 10.3 Å². The maximum Gasteiger partial charge on any atom is 0.415 e. The summed E-state index contributed by atoms with van der Waals surface area (Å²) in [6, 6.07) is 7.29. The van der Waals surface area contributed by atoms with Gasteiger partial charge in [0.2, 0.25) is 5.91 Å². The number of piperazine rings is 1. The van der Waals surface area contributed by atoms with Gasteiger partial charge in [-0.3, -0.25) is 14.5 Å². The van der Waals surface area contributed by atoms with Crippen LogP contribution in [-0.4, -0.2) is 93.1 Å². The molecular weight excluding hydrogens is 578 g/mol. The zero-order valence-electron chi connectivity index (χ0n) is 25.6. The van der Waals surface area contributed by atoms with Crippen LogP contribution >= 0.6 is 0 Å². The molecule has 2 amide bonds. The average molecular weight is 616 g/mol. The summed E-state index contributed by atoms with van der Waals surface area (Å²) in [6.07, 6.45) is 2.42. The second-order valence-corrected chi connectivity index (χ2v) is 12.3. The van der Waals surface area contributed by atoms with Crippen molar-refractivity contribution in [3.63, 3.8) is 0 Å². The average Bonchev–Trinajstić information content (AvgIpc) is 3.72. The van der Waals surface area contributed by atoms with E-state index in [9.17, 15) is 24.3 Å². The number of ether oxygens (including phenoxy) is 2. The summed E-state index contributed by atoms with van der Waals surface area (Å²) in [4.78, 5) is 62.6. The summed E-state index contributed by atoms with van der Waals surface area (Å²) in [7, 11) is 0. The number of carbonyl (C=O) groups excluding carboxylic acids is 3. The highest BCUT2D eigenvalue weighted by molar-refractivity contribution is 5.93. The molecule has 0 saturated carbocycles. The molecule has 0 bridgehead atoms. The topological polar surface area (TPSA) is 135 Å². The Morgan fingerprint density at radius 3 is 2.49 bits per heavy atom. The minimum atomic E-state index is -1.90. The van der Waals surface area contributed by atoms with Gasteiger partial charge in [-0.05, 0) is 49.4 Å². The Bertz CT molecular complexity index is 1790. The first-order valence-corrected chi connectivity index (χ1v) is 15.8. The molecule has 236 valence electrons. The maximum absolute atomic E-state index is 13.6. The van der Waals surface area contributed by atoms with Crippen LogP contribution in [0.5, 0.6) is 5.75 Å². The molecule has 0 aliphatic carbocycles. The Balaban J connectivity index is 1.15. The third-order valence-electron chi connectivity index (χ3n) is 9.75. The van der Waals surface area contributed by atoms with Gasteiger partial charge in [-0.25, -0.2) is 14.6 Å². The van der Waals surface area contributed by atoms with E-state index in [2.05, 4.69) is 4.90 Å². The molecule has 2 aromatic heterocycles. The molecule has 2 fully saturated rings. The molecule has 1 aromatic carbocycles. The number of nitrogens with zero attached hydrogens (tertiary/aromatic N) is 5. The predicted molar refractivity (Wildman–Crippen MR) is 164 cm³/mol. The lowest BCUT2D eigenvalue weighted by atomic mass is 9.86. The second kappa shape index (κ2) is 11.3. The molecule has 4 aliphatic heterocycles. The smallest absolute Gasteiger partial charge is 0.415 e. The molecule has 1 atom stereocenters. The van der Waals surface area contributed by atoms with Crippen LogP contribution in [0.1, 0.15) is 55.4 Å². The first-order valence-electron chi connectivity index (χ1n) is 15.8. The number of likely N-dealkylation sites (tertiary alicyclic amines) is 1. The van der Waals surface area contributed by atoms with Crippen molar-refractivity contribution in [3.05, 3.63) is 56.9 Å². The molecule has 2 saturated heterocycles. The van der Waals surface area contributed by atoms with Crippen molar-refractivity contribution in [1.29, 1.82) is 0 Å². The molecule has 12 heteroatoms. The quantitative estimate of drug-likeness (QED) is 0.336. The molecule has 0 radical (unpaired) electrons. The van der Waals surface area contributed by atoms with Crippen LogP contribution in [0.4, 0.5) is 4.79 Å². The van der Waals surface area contributed by atoms with Gasteiger partial charge in [0, 0.05) is 55.8 Å². The molecule has 7 rings (SSSR count). The number of esters is 1. The summed E-state index contributed by atoms with van der Waals surface area (Å²) in [5.74, 6) is -0.224. The molecule has 0 unspecified atom stereocenters. The van der Waals surface area contributed by atoms with E-state index in [0.29, 0.717) is 67.2 Å². The number of carbonyl (C=O) groups is 3. The minimum Gasteiger partial charge on any atom is -0.458 e. The molecular formula is C33H37N5O7.